The third-order valence-electron chi connectivity index (χ3n) is 4.19. The number of methoxy groups -OCH3 is 1. The van der Waals surface area contributed by atoms with Crippen LogP contribution >= 0.6 is 0 Å². The van der Waals surface area contributed by atoms with Crippen molar-refractivity contribution in [2.24, 2.45) is 0 Å². The highest BCUT2D eigenvalue weighted by atomic mass is 16.5. The first kappa shape index (κ1) is 15.9. The number of hydrogen-bond acceptors (Lipinski definition) is 5. The SMILES string of the molecule is COc1ccccc1C1C=C(C(=O)O)Nc2nc(-c3ccccc3)nn21. The van der Waals surface area contributed by atoms with Gasteiger partial charge in [0.05, 0.1) is 7.11 Å². The Morgan fingerprint density at radius 2 is 1.88 bits per heavy atom. The Balaban J connectivity index is 1.86. The zero-order valence-electron chi connectivity index (χ0n) is 14.0. The van der Waals surface area contributed by atoms with Crippen molar-refractivity contribution in [2.75, 3.05) is 12.4 Å². The minimum absolute atomic E-state index is 0.0559. The van der Waals surface area contributed by atoms with Crippen LogP contribution < -0.4 is 10.1 Å². The monoisotopic (exact) mass is 348 g/mol. The fraction of sp³-hybridized carbons (Fsp3) is 0.105. The molecule has 26 heavy (non-hydrogen) atoms. The molecule has 7 heteroatoms. The van der Waals surface area contributed by atoms with Crippen LogP contribution in [-0.4, -0.2) is 33.0 Å². The highest BCUT2D eigenvalue weighted by molar-refractivity contribution is 5.90. The van der Waals surface area contributed by atoms with Gasteiger partial charge in [-0.25, -0.2) is 9.48 Å². The zero-order valence-corrected chi connectivity index (χ0v) is 14.0. The summed E-state index contributed by atoms with van der Waals surface area (Å²) in [5.41, 5.74) is 1.72. The smallest absolute Gasteiger partial charge is 0.352 e. The second kappa shape index (κ2) is 6.36. The Labute approximate surface area is 149 Å². The first-order valence-corrected chi connectivity index (χ1v) is 8.04. The molecule has 0 amide bonds. The average molecular weight is 348 g/mol. The molecule has 0 fully saturated rings. The molecule has 2 heterocycles. The van der Waals surface area contributed by atoms with E-state index in [-0.39, 0.29) is 5.70 Å². The molecule has 1 unspecified atom stereocenters. The Morgan fingerprint density at radius 3 is 2.62 bits per heavy atom. The Morgan fingerprint density at radius 1 is 1.15 bits per heavy atom. The number of nitrogens with zero attached hydrogens (tertiary/aromatic N) is 3. The third kappa shape index (κ3) is 2.69. The van der Waals surface area contributed by atoms with Gasteiger partial charge in [-0.1, -0.05) is 48.5 Å². The van der Waals surface area contributed by atoms with E-state index in [9.17, 15) is 9.90 Å². The number of ether oxygens (including phenoxy) is 1. The lowest BCUT2D eigenvalue weighted by atomic mass is 10.0. The minimum Gasteiger partial charge on any atom is -0.496 e. The minimum atomic E-state index is -1.06. The molecular weight excluding hydrogens is 332 g/mol. The summed E-state index contributed by atoms with van der Waals surface area (Å²) in [4.78, 5) is 16.0. The molecule has 1 aliphatic heterocycles. The molecule has 0 bridgehead atoms. The second-order valence-electron chi connectivity index (χ2n) is 5.77. The van der Waals surface area contributed by atoms with Crippen molar-refractivity contribution in [3.8, 4) is 17.1 Å². The number of rotatable bonds is 4. The van der Waals surface area contributed by atoms with E-state index in [1.165, 1.54) is 0 Å². The van der Waals surface area contributed by atoms with E-state index < -0.39 is 12.0 Å². The topological polar surface area (TPSA) is 89.3 Å². The van der Waals surface area contributed by atoms with Gasteiger partial charge in [0.25, 0.3) is 0 Å². The molecule has 2 N–H and O–H groups in total. The predicted molar refractivity (Wildman–Crippen MR) is 95.9 cm³/mol. The lowest BCUT2D eigenvalue weighted by Gasteiger charge is -2.23. The van der Waals surface area contributed by atoms with E-state index in [0.717, 1.165) is 11.1 Å². The van der Waals surface area contributed by atoms with Gasteiger partial charge in [-0.05, 0) is 12.1 Å². The maximum atomic E-state index is 11.6. The molecule has 0 saturated heterocycles. The van der Waals surface area contributed by atoms with E-state index in [0.29, 0.717) is 17.5 Å². The molecule has 130 valence electrons. The number of anilines is 1. The normalized spacial score (nSPS) is 15.6. The molecule has 3 aromatic rings. The molecule has 0 aliphatic carbocycles. The van der Waals surface area contributed by atoms with Gasteiger partial charge in [0.1, 0.15) is 17.5 Å². The summed E-state index contributed by atoms with van der Waals surface area (Å²) in [6, 6.07) is 16.6. The molecule has 0 spiro atoms. The molecule has 4 rings (SSSR count). The highest BCUT2D eigenvalue weighted by Crippen LogP contribution is 2.35. The number of hydrogen-bond donors (Lipinski definition) is 2. The molecule has 1 atom stereocenters. The van der Waals surface area contributed by atoms with Gasteiger partial charge in [-0.3, -0.25) is 0 Å². The summed E-state index contributed by atoms with van der Waals surface area (Å²) < 4.78 is 7.12. The number of carbonyl (C=O) groups is 1. The Bertz CT molecular complexity index is 995. The number of carboxylic acids is 1. The highest BCUT2D eigenvalue weighted by Gasteiger charge is 2.29. The number of para-hydroxylation sites is 1. The standard InChI is InChI=1S/C19H16N4O3/c1-26-16-10-6-5-9-13(16)15-11-14(18(24)25)20-19-21-17(22-23(15)19)12-7-3-2-4-8-12/h2-11,15H,1H3,(H,24,25)(H,20,21,22). The van der Waals surface area contributed by atoms with Crippen molar-refractivity contribution in [2.45, 2.75) is 6.04 Å². The number of nitrogens with one attached hydrogen (secondary N) is 1. The van der Waals surface area contributed by atoms with Gasteiger partial charge in [-0.2, -0.15) is 4.98 Å². The Kier molecular flexibility index (Phi) is 3.89. The maximum Gasteiger partial charge on any atom is 0.352 e. The van der Waals surface area contributed by atoms with Crippen LogP contribution in [0.2, 0.25) is 0 Å². The van der Waals surface area contributed by atoms with Gasteiger partial charge in [0, 0.05) is 11.1 Å². The van der Waals surface area contributed by atoms with Crippen LogP contribution in [-0.2, 0) is 4.79 Å². The van der Waals surface area contributed by atoms with E-state index >= 15 is 0 Å². The van der Waals surface area contributed by atoms with Crippen LogP contribution in [0.5, 0.6) is 5.75 Å². The van der Waals surface area contributed by atoms with Crippen LogP contribution in [0.25, 0.3) is 11.4 Å². The number of aliphatic carboxylic acids is 1. The number of fused-ring (bicyclic) bond motifs is 1. The van der Waals surface area contributed by atoms with Crippen LogP contribution in [0.1, 0.15) is 11.6 Å². The fourth-order valence-electron chi connectivity index (χ4n) is 2.96. The summed E-state index contributed by atoms with van der Waals surface area (Å²) >= 11 is 0. The van der Waals surface area contributed by atoms with Crippen molar-refractivity contribution < 1.29 is 14.6 Å². The first-order valence-electron chi connectivity index (χ1n) is 8.04. The predicted octanol–water partition coefficient (Wildman–Crippen LogP) is 2.94. The number of aromatic nitrogens is 3. The fourth-order valence-corrected chi connectivity index (χ4v) is 2.96. The molecule has 7 nitrogen and oxygen atoms in total. The largest absolute Gasteiger partial charge is 0.496 e. The molecule has 2 aromatic carbocycles. The summed E-state index contributed by atoms with van der Waals surface area (Å²) in [7, 11) is 1.58. The average Bonchev–Trinajstić information content (AvgIpc) is 3.12. The van der Waals surface area contributed by atoms with Crippen LogP contribution in [0.3, 0.4) is 0 Å². The van der Waals surface area contributed by atoms with Gasteiger partial charge < -0.3 is 15.2 Å². The van der Waals surface area contributed by atoms with Crippen molar-refractivity contribution in [3.05, 3.63) is 71.9 Å². The van der Waals surface area contributed by atoms with Crippen molar-refractivity contribution in [1.82, 2.24) is 14.8 Å². The lowest BCUT2D eigenvalue weighted by molar-refractivity contribution is -0.132. The molecule has 1 aromatic heterocycles. The molecular formula is C19H16N4O3. The summed E-state index contributed by atoms with van der Waals surface area (Å²) in [6.45, 7) is 0. The van der Waals surface area contributed by atoms with E-state index in [1.807, 2.05) is 54.6 Å². The van der Waals surface area contributed by atoms with Gasteiger partial charge in [0.2, 0.25) is 5.95 Å². The van der Waals surface area contributed by atoms with E-state index in [2.05, 4.69) is 15.4 Å². The lowest BCUT2D eigenvalue weighted by Crippen LogP contribution is -2.24. The maximum absolute atomic E-state index is 11.6. The third-order valence-corrected chi connectivity index (χ3v) is 4.19. The van der Waals surface area contributed by atoms with Crippen LogP contribution in [0.15, 0.2) is 66.4 Å². The quantitative estimate of drug-likeness (QED) is 0.753. The number of carboxylic acid groups (broad SMARTS) is 1. The van der Waals surface area contributed by atoms with E-state index in [1.54, 1.807) is 17.9 Å². The molecule has 0 radical (unpaired) electrons. The van der Waals surface area contributed by atoms with E-state index in [4.69, 9.17) is 4.74 Å². The van der Waals surface area contributed by atoms with Crippen molar-refractivity contribution >= 4 is 11.9 Å². The first-order chi connectivity index (χ1) is 12.7. The zero-order chi connectivity index (χ0) is 18.1. The van der Waals surface area contributed by atoms with Crippen molar-refractivity contribution in [1.29, 1.82) is 0 Å². The van der Waals surface area contributed by atoms with Gasteiger partial charge in [-0.15, -0.1) is 5.10 Å². The number of allylic oxidation sites excluding steroid dienone is 1. The molecule has 1 aliphatic rings. The Hall–Kier alpha value is -3.61. The van der Waals surface area contributed by atoms with Gasteiger partial charge >= 0.3 is 5.97 Å². The van der Waals surface area contributed by atoms with Gasteiger partial charge in [0.15, 0.2) is 5.82 Å². The van der Waals surface area contributed by atoms with Crippen LogP contribution in [0, 0.1) is 0 Å². The number of benzene rings is 2. The summed E-state index contributed by atoms with van der Waals surface area (Å²) in [5.74, 6) is 0.496. The summed E-state index contributed by atoms with van der Waals surface area (Å²) in [6.07, 6.45) is 1.61. The molecule has 0 saturated carbocycles. The van der Waals surface area contributed by atoms with Crippen molar-refractivity contribution in [3.63, 3.8) is 0 Å². The summed E-state index contributed by atoms with van der Waals surface area (Å²) in [5, 5.41) is 16.9. The van der Waals surface area contributed by atoms with Crippen LogP contribution in [0.4, 0.5) is 5.95 Å². The second-order valence-corrected chi connectivity index (χ2v) is 5.77.